The Morgan fingerprint density at radius 1 is 1.50 bits per heavy atom. The van der Waals surface area contributed by atoms with E-state index in [0.717, 1.165) is 6.42 Å². The molecule has 0 aromatic heterocycles. The average molecular weight is 225 g/mol. The zero-order valence-corrected chi connectivity index (χ0v) is 9.83. The predicted octanol–water partition coefficient (Wildman–Crippen LogP) is 3.33. The fourth-order valence-corrected chi connectivity index (χ4v) is 0.735. The molecule has 1 rings (SSSR count). The first kappa shape index (κ1) is 12.3. The molecule has 0 saturated heterocycles. The van der Waals surface area contributed by atoms with E-state index < -0.39 is 0 Å². The molecule has 0 radical (unpaired) electrons. The molecule has 68 valence electrons. The van der Waals surface area contributed by atoms with E-state index in [2.05, 4.69) is 39.9 Å². The van der Waals surface area contributed by atoms with Crippen LogP contribution >= 0.6 is 11.9 Å². The molecule has 0 N–H and O–H groups in total. The van der Waals surface area contributed by atoms with E-state index in [4.69, 9.17) is 11.9 Å². The summed E-state index contributed by atoms with van der Waals surface area (Å²) in [5.74, 6) is 0. The molecule has 0 bridgehead atoms. The SMILES string of the molecule is CC(C)(C)OCl.[V][C]1=CC=CC1. The van der Waals surface area contributed by atoms with Crippen molar-refractivity contribution in [3.8, 4) is 0 Å². The summed E-state index contributed by atoms with van der Waals surface area (Å²) in [6, 6.07) is 0. The van der Waals surface area contributed by atoms with Crippen LogP contribution in [-0.4, -0.2) is 5.60 Å². The molecule has 1 nitrogen and oxygen atoms in total. The van der Waals surface area contributed by atoms with Gasteiger partial charge in [-0.2, -0.15) is 0 Å². The summed E-state index contributed by atoms with van der Waals surface area (Å²) >= 11 is 7.52. The van der Waals surface area contributed by atoms with Crippen molar-refractivity contribution in [1.29, 1.82) is 0 Å². The Balaban J connectivity index is 0.000000202. The van der Waals surface area contributed by atoms with Gasteiger partial charge in [0.15, 0.2) is 0 Å². The zero-order valence-electron chi connectivity index (χ0n) is 7.67. The van der Waals surface area contributed by atoms with Crippen LogP contribution in [-0.2, 0) is 21.7 Å². The summed E-state index contributed by atoms with van der Waals surface area (Å²) in [5.41, 5.74) is -0.193. The van der Waals surface area contributed by atoms with Crippen LogP contribution < -0.4 is 0 Å². The molecule has 12 heavy (non-hydrogen) atoms. The average Bonchev–Trinajstić information content (AvgIpc) is 2.39. The molecule has 1 aliphatic rings. The molecule has 0 saturated carbocycles. The van der Waals surface area contributed by atoms with Crippen molar-refractivity contribution in [3.63, 3.8) is 0 Å². The minimum absolute atomic E-state index is 0.193. The van der Waals surface area contributed by atoms with E-state index in [1.54, 1.807) is 0 Å². The number of hydrogen-bond acceptors (Lipinski definition) is 1. The Morgan fingerprint density at radius 3 is 2.08 bits per heavy atom. The molecular formula is C9H14ClOV. The number of hydrogen-bond donors (Lipinski definition) is 0. The van der Waals surface area contributed by atoms with Gasteiger partial charge in [0.2, 0.25) is 0 Å². The Hall–Kier alpha value is 0.314. The molecular weight excluding hydrogens is 210 g/mol. The van der Waals surface area contributed by atoms with Gasteiger partial charge in [-0.3, -0.25) is 4.29 Å². The van der Waals surface area contributed by atoms with Gasteiger partial charge < -0.3 is 0 Å². The van der Waals surface area contributed by atoms with Crippen molar-refractivity contribution < 1.29 is 21.7 Å². The number of allylic oxidation sites excluding steroid dienone is 4. The molecule has 0 aromatic carbocycles. The van der Waals surface area contributed by atoms with E-state index in [1.807, 2.05) is 20.8 Å². The van der Waals surface area contributed by atoms with Crippen LogP contribution in [0.5, 0.6) is 0 Å². The van der Waals surface area contributed by atoms with Crippen molar-refractivity contribution in [1.82, 2.24) is 0 Å². The van der Waals surface area contributed by atoms with Crippen molar-refractivity contribution in [2.45, 2.75) is 32.8 Å². The monoisotopic (exact) mass is 224 g/mol. The van der Waals surface area contributed by atoms with Crippen molar-refractivity contribution in [3.05, 3.63) is 22.5 Å². The molecule has 0 spiro atoms. The van der Waals surface area contributed by atoms with E-state index in [1.165, 1.54) is 4.28 Å². The maximum atomic E-state index is 4.98. The second-order valence-electron chi connectivity index (χ2n) is 3.48. The first-order valence-electron chi connectivity index (χ1n) is 3.80. The first-order valence-corrected chi connectivity index (χ1v) is 4.81. The topological polar surface area (TPSA) is 9.23 Å². The van der Waals surface area contributed by atoms with Gasteiger partial charge in [-0.05, 0) is 20.8 Å². The minimum atomic E-state index is -0.193. The molecule has 0 atom stereocenters. The van der Waals surface area contributed by atoms with Crippen LogP contribution in [0.15, 0.2) is 22.5 Å². The molecule has 0 unspecified atom stereocenters. The molecule has 0 heterocycles. The van der Waals surface area contributed by atoms with E-state index in [-0.39, 0.29) is 5.60 Å². The Bertz CT molecular complexity index is 179. The van der Waals surface area contributed by atoms with Crippen LogP contribution in [0.1, 0.15) is 27.2 Å². The van der Waals surface area contributed by atoms with E-state index >= 15 is 0 Å². The second-order valence-corrected chi connectivity index (χ2v) is 4.53. The third kappa shape index (κ3) is 8.41. The molecule has 1 aliphatic carbocycles. The summed E-state index contributed by atoms with van der Waals surface area (Å²) < 4.78 is 5.81. The molecule has 0 aromatic rings. The van der Waals surface area contributed by atoms with Gasteiger partial charge in [0.1, 0.15) is 0 Å². The summed E-state index contributed by atoms with van der Waals surface area (Å²) in [5, 5.41) is 0. The van der Waals surface area contributed by atoms with Crippen LogP contribution in [0.25, 0.3) is 0 Å². The van der Waals surface area contributed by atoms with Gasteiger partial charge in [-0.15, -0.1) is 0 Å². The van der Waals surface area contributed by atoms with Crippen LogP contribution in [0, 0.1) is 0 Å². The van der Waals surface area contributed by atoms with Crippen molar-refractivity contribution >= 4 is 11.9 Å². The van der Waals surface area contributed by atoms with Gasteiger partial charge in [-0.25, -0.2) is 0 Å². The summed E-state index contributed by atoms with van der Waals surface area (Å²) in [7, 11) is 0. The van der Waals surface area contributed by atoms with Crippen LogP contribution in [0.2, 0.25) is 0 Å². The van der Waals surface area contributed by atoms with Gasteiger partial charge in [0, 0.05) is 0 Å². The Kier molecular flexibility index (Phi) is 6.03. The van der Waals surface area contributed by atoms with Gasteiger partial charge in [0.25, 0.3) is 0 Å². The van der Waals surface area contributed by atoms with Crippen molar-refractivity contribution in [2.24, 2.45) is 0 Å². The maximum absolute atomic E-state index is 4.98. The van der Waals surface area contributed by atoms with E-state index in [0.29, 0.717) is 0 Å². The summed E-state index contributed by atoms with van der Waals surface area (Å²) in [6.07, 6.45) is 7.47. The summed E-state index contributed by atoms with van der Waals surface area (Å²) in [6.45, 7) is 5.67. The van der Waals surface area contributed by atoms with Gasteiger partial charge in [-0.1, -0.05) is 0 Å². The molecule has 0 fully saturated rings. The van der Waals surface area contributed by atoms with Gasteiger partial charge >= 0.3 is 46.4 Å². The third-order valence-corrected chi connectivity index (χ3v) is 1.96. The fraction of sp³-hybridized carbons (Fsp3) is 0.556. The first-order chi connectivity index (χ1) is 5.45. The zero-order chi connectivity index (χ0) is 9.61. The molecule has 0 aliphatic heterocycles. The fourth-order valence-electron chi connectivity index (χ4n) is 0.436. The van der Waals surface area contributed by atoms with E-state index in [9.17, 15) is 0 Å². The second kappa shape index (κ2) is 5.87. The summed E-state index contributed by atoms with van der Waals surface area (Å²) in [4.78, 5) is 0. The third-order valence-electron chi connectivity index (χ3n) is 0.983. The molecule has 3 heteroatoms. The number of halogens is 1. The Morgan fingerprint density at radius 2 is 2.00 bits per heavy atom. The van der Waals surface area contributed by atoms with Crippen molar-refractivity contribution in [2.75, 3.05) is 0 Å². The van der Waals surface area contributed by atoms with Crippen LogP contribution in [0.3, 0.4) is 0 Å². The molecule has 0 amide bonds. The van der Waals surface area contributed by atoms with Gasteiger partial charge in [0.05, 0.1) is 17.5 Å². The quantitative estimate of drug-likeness (QED) is 0.613. The standard InChI is InChI=1S/C5H5.C4H9ClO.V/c1-2-4-5-3-1;1-4(2,3)6-5;/h1-3H,4H2;1-3H3;. The Labute approximate surface area is 89.0 Å². The normalized spacial score (nSPS) is 15.2. The number of rotatable bonds is 0. The predicted molar refractivity (Wildman–Crippen MR) is 48.5 cm³/mol. The van der Waals surface area contributed by atoms with Crippen LogP contribution in [0.4, 0.5) is 0 Å².